The molecule has 1 aliphatic heterocycles. The number of nitriles is 1. The van der Waals surface area contributed by atoms with Crippen LogP contribution in [0.3, 0.4) is 0 Å². The van der Waals surface area contributed by atoms with Crippen molar-refractivity contribution in [1.82, 2.24) is 4.31 Å². The minimum absolute atomic E-state index is 0.0543. The van der Waals surface area contributed by atoms with Gasteiger partial charge in [0.25, 0.3) is 10.0 Å². The summed E-state index contributed by atoms with van der Waals surface area (Å²) in [7, 11) is -2.71. The van der Waals surface area contributed by atoms with E-state index in [0.29, 0.717) is 5.56 Å². The maximum atomic E-state index is 12.7. The number of allylic oxidation sites excluding steroid dienone is 1. The van der Waals surface area contributed by atoms with Crippen LogP contribution in [-0.2, 0) is 10.0 Å². The van der Waals surface area contributed by atoms with Crippen LogP contribution in [0.25, 0.3) is 5.76 Å². The zero-order valence-electron chi connectivity index (χ0n) is 12.6. The summed E-state index contributed by atoms with van der Waals surface area (Å²) in [5.74, 6) is -1.03. The third-order valence-corrected chi connectivity index (χ3v) is 5.63. The van der Waals surface area contributed by atoms with Crippen molar-refractivity contribution in [3.05, 3.63) is 70.9 Å². The monoisotopic (exact) mass is 340 g/mol. The van der Waals surface area contributed by atoms with Crippen LogP contribution in [0.5, 0.6) is 0 Å². The van der Waals surface area contributed by atoms with Crippen LogP contribution in [0.15, 0.2) is 59.1 Å². The molecule has 0 bridgehead atoms. The molecule has 0 unspecified atom stereocenters. The van der Waals surface area contributed by atoms with Gasteiger partial charge in [-0.3, -0.25) is 9.10 Å². The van der Waals surface area contributed by atoms with Crippen molar-refractivity contribution in [3.63, 3.8) is 0 Å². The van der Waals surface area contributed by atoms with Gasteiger partial charge in [0.2, 0.25) is 5.78 Å². The Balaban J connectivity index is 2.19. The molecule has 6 nitrogen and oxygen atoms in total. The van der Waals surface area contributed by atoms with E-state index in [0.717, 1.165) is 4.31 Å². The largest absolute Gasteiger partial charge is 0.505 e. The number of rotatable bonds is 2. The topological polar surface area (TPSA) is 98.5 Å². The Labute approximate surface area is 138 Å². The lowest BCUT2D eigenvalue weighted by Crippen LogP contribution is -2.35. The van der Waals surface area contributed by atoms with Gasteiger partial charge in [0.05, 0.1) is 16.5 Å². The second kappa shape index (κ2) is 5.51. The summed E-state index contributed by atoms with van der Waals surface area (Å²) in [4.78, 5) is 12.7. The molecule has 24 heavy (non-hydrogen) atoms. The number of benzene rings is 2. The van der Waals surface area contributed by atoms with Gasteiger partial charge in [-0.1, -0.05) is 12.1 Å². The molecule has 0 fully saturated rings. The summed E-state index contributed by atoms with van der Waals surface area (Å²) in [5, 5.41) is 19.3. The molecule has 0 atom stereocenters. The first-order chi connectivity index (χ1) is 11.4. The molecule has 0 radical (unpaired) electrons. The molecule has 2 aromatic carbocycles. The Morgan fingerprint density at radius 1 is 1.12 bits per heavy atom. The van der Waals surface area contributed by atoms with E-state index in [1.54, 1.807) is 12.1 Å². The molecule has 0 amide bonds. The van der Waals surface area contributed by atoms with Gasteiger partial charge in [-0.15, -0.1) is 0 Å². The number of fused-ring (bicyclic) bond motifs is 1. The van der Waals surface area contributed by atoms with Crippen LogP contribution in [0.2, 0.25) is 0 Å². The van der Waals surface area contributed by atoms with E-state index in [1.165, 1.54) is 43.4 Å². The number of hydrogen-bond acceptors (Lipinski definition) is 5. The lowest BCUT2D eigenvalue weighted by molar-refractivity contribution is 0.101. The van der Waals surface area contributed by atoms with Gasteiger partial charge in [-0.25, -0.2) is 8.42 Å². The third kappa shape index (κ3) is 2.25. The van der Waals surface area contributed by atoms with Crippen molar-refractivity contribution in [2.75, 3.05) is 7.05 Å². The summed E-state index contributed by atoms with van der Waals surface area (Å²) >= 11 is 0. The Hall–Kier alpha value is -3.11. The molecule has 1 aliphatic rings. The molecule has 0 spiro atoms. The zero-order chi connectivity index (χ0) is 17.5. The second-order valence-electron chi connectivity index (χ2n) is 5.18. The second-order valence-corrected chi connectivity index (χ2v) is 7.12. The van der Waals surface area contributed by atoms with Crippen molar-refractivity contribution >= 4 is 21.6 Å². The molecule has 7 heteroatoms. The summed E-state index contributed by atoms with van der Waals surface area (Å²) in [5.41, 5.74) is 0.322. The summed E-state index contributed by atoms with van der Waals surface area (Å²) in [6, 6.07) is 13.6. The van der Waals surface area contributed by atoms with Crippen molar-refractivity contribution < 1.29 is 18.3 Å². The molecule has 0 aromatic heterocycles. The molecule has 3 rings (SSSR count). The molecule has 1 heterocycles. The number of sulfonamides is 1. The first kappa shape index (κ1) is 15.8. The molecular formula is C17H12N2O4S. The fourth-order valence-corrected chi connectivity index (χ4v) is 3.91. The van der Waals surface area contributed by atoms with E-state index in [1.807, 2.05) is 6.07 Å². The summed E-state index contributed by atoms with van der Waals surface area (Å²) < 4.78 is 25.9. The average molecular weight is 340 g/mol. The van der Waals surface area contributed by atoms with E-state index in [-0.39, 0.29) is 21.7 Å². The number of hydrogen-bond donors (Lipinski definition) is 1. The Morgan fingerprint density at radius 2 is 1.75 bits per heavy atom. The predicted molar refractivity (Wildman–Crippen MR) is 86.4 cm³/mol. The van der Waals surface area contributed by atoms with E-state index in [9.17, 15) is 18.3 Å². The van der Waals surface area contributed by atoms with Crippen molar-refractivity contribution in [3.8, 4) is 6.07 Å². The molecule has 1 N–H and O–H groups in total. The molecule has 0 saturated heterocycles. The number of carbonyl (C=O) groups is 1. The minimum Gasteiger partial charge on any atom is -0.505 e. The third-order valence-electron chi connectivity index (χ3n) is 3.81. The maximum absolute atomic E-state index is 12.7. The lowest BCUT2D eigenvalue weighted by Gasteiger charge is -2.28. The van der Waals surface area contributed by atoms with Crippen LogP contribution in [0, 0.1) is 11.3 Å². The SMILES string of the molecule is CN1C(C(=O)c2ccc(C#N)cc2)=C(O)c2ccccc2S1(=O)=O. The van der Waals surface area contributed by atoms with Crippen LogP contribution in [0.4, 0.5) is 0 Å². The van der Waals surface area contributed by atoms with E-state index >= 15 is 0 Å². The maximum Gasteiger partial charge on any atom is 0.265 e. The predicted octanol–water partition coefficient (Wildman–Crippen LogP) is 2.30. The fraction of sp³-hybridized carbons (Fsp3) is 0.0588. The van der Waals surface area contributed by atoms with E-state index < -0.39 is 21.6 Å². The highest BCUT2D eigenvalue weighted by Crippen LogP contribution is 2.35. The summed E-state index contributed by atoms with van der Waals surface area (Å²) in [6.07, 6.45) is 0. The number of ketones is 1. The normalized spacial score (nSPS) is 15.6. The van der Waals surface area contributed by atoms with Gasteiger partial charge in [-0.2, -0.15) is 5.26 Å². The van der Waals surface area contributed by atoms with Crippen LogP contribution >= 0.6 is 0 Å². The van der Waals surface area contributed by atoms with Crippen molar-refractivity contribution in [1.29, 1.82) is 5.26 Å². The smallest absolute Gasteiger partial charge is 0.265 e. The standard InChI is InChI=1S/C17H12N2O4S/c1-19-15(16(20)12-8-6-11(10-18)7-9-12)17(21)13-4-2-3-5-14(13)24(19,22)23/h2-9,21H,1H3. The van der Waals surface area contributed by atoms with Gasteiger partial charge in [0.15, 0.2) is 5.76 Å². The van der Waals surface area contributed by atoms with Crippen LogP contribution < -0.4 is 0 Å². The van der Waals surface area contributed by atoms with E-state index in [2.05, 4.69) is 0 Å². The number of likely N-dealkylation sites (N-methyl/N-ethyl adjacent to an activating group) is 1. The number of Topliss-reactive ketones (excluding diaryl/α,β-unsaturated/α-hetero) is 1. The highest BCUT2D eigenvalue weighted by atomic mass is 32.2. The molecular weight excluding hydrogens is 328 g/mol. The zero-order valence-corrected chi connectivity index (χ0v) is 13.4. The van der Waals surface area contributed by atoms with Gasteiger partial charge in [0.1, 0.15) is 5.70 Å². The fourth-order valence-electron chi connectivity index (χ4n) is 2.52. The Morgan fingerprint density at radius 3 is 2.38 bits per heavy atom. The minimum atomic E-state index is -3.93. The van der Waals surface area contributed by atoms with Crippen LogP contribution in [0.1, 0.15) is 21.5 Å². The van der Waals surface area contributed by atoms with Crippen molar-refractivity contribution in [2.24, 2.45) is 0 Å². The first-order valence-corrected chi connectivity index (χ1v) is 8.38. The molecule has 120 valence electrons. The molecule has 0 saturated carbocycles. The number of aliphatic hydroxyl groups is 1. The number of nitrogens with zero attached hydrogens (tertiary/aromatic N) is 2. The molecule has 2 aromatic rings. The number of carbonyl (C=O) groups excluding carboxylic acids is 1. The van der Waals surface area contributed by atoms with Gasteiger partial charge in [-0.05, 0) is 36.4 Å². The van der Waals surface area contributed by atoms with Crippen molar-refractivity contribution in [2.45, 2.75) is 4.90 Å². The average Bonchev–Trinajstić information content (AvgIpc) is 2.60. The number of aliphatic hydroxyl groups excluding tert-OH is 1. The quantitative estimate of drug-likeness (QED) is 0.846. The van der Waals surface area contributed by atoms with Gasteiger partial charge >= 0.3 is 0 Å². The summed E-state index contributed by atoms with van der Waals surface area (Å²) in [6.45, 7) is 0. The van der Waals surface area contributed by atoms with Crippen LogP contribution in [-0.4, -0.2) is 30.7 Å². The van der Waals surface area contributed by atoms with E-state index in [4.69, 9.17) is 5.26 Å². The molecule has 0 aliphatic carbocycles. The Bertz CT molecular complexity index is 1020. The van der Waals surface area contributed by atoms with Gasteiger partial charge in [0, 0.05) is 18.2 Å². The highest BCUT2D eigenvalue weighted by Gasteiger charge is 2.37. The first-order valence-electron chi connectivity index (χ1n) is 6.94. The Kier molecular flexibility index (Phi) is 3.62. The van der Waals surface area contributed by atoms with Gasteiger partial charge < -0.3 is 5.11 Å². The highest BCUT2D eigenvalue weighted by molar-refractivity contribution is 7.89. The lowest BCUT2D eigenvalue weighted by atomic mass is 10.0.